The molecule has 0 saturated carbocycles. The van der Waals surface area contributed by atoms with Crippen molar-refractivity contribution in [3.8, 4) is 28.4 Å². The first kappa shape index (κ1) is 34.7. The highest BCUT2D eigenvalue weighted by atomic mass is 35.5. The van der Waals surface area contributed by atoms with Crippen molar-refractivity contribution < 1.29 is 32.5 Å². The summed E-state index contributed by atoms with van der Waals surface area (Å²) in [6, 6.07) is 16.1. The number of aliphatic hydroxyl groups excluding tert-OH is 1. The third kappa shape index (κ3) is 8.82. The fourth-order valence-electron chi connectivity index (χ4n) is 5.39. The van der Waals surface area contributed by atoms with Crippen molar-refractivity contribution in [3.05, 3.63) is 99.3 Å². The van der Waals surface area contributed by atoms with Crippen molar-refractivity contribution in [2.75, 3.05) is 32.5 Å². The number of hydrogen-bond acceptors (Lipinski definition) is 9. The maximum Gasteiger partial charge on any atom is 0.177 e. The molecule has 1 unspecified atom stereocenters. The lowest BCUT2D eigenvalue weighted by atomic mass is 9.96. The molecule has 2 heterocycles. The van der Waals surface area contributed by atoms with Crippen LogP contribution in [0.25, 0.3) is 11.1 Å². The molecule has 0 aliphatic carbocycles. The van der Waals surface area contributed by atoms with E-state index in [0.29, 0.717) is 41.5 Å². The van der Waals surface area contributed by atoms with Gasteiger partial charge in [0.15, 0.2) is 16.1 Å². The van der Waals surface area contributed by atoms with Crippen molar-refractivity contribution in [2.24, 2.45) is 0 Å². The second-order valence-corrected chi connectivity index (χ2v) is 14.3. The van der Waals surface area contributed by atoms with Crippen molar-refractivity contribution in [3.63, 3.8) is 0 Å². The predicted octanol–water partition coefficient (Wildman–Crippen LogP) is 6.57. The Labute approximate surface area is 284 Å². The highest BCUT2D eigenvalue weighted by Crippen LogP contribution is 2.38. The third-order valence-electron chi connectivity index (χ3n) is 7.99. The molecule has 5 rings (SSSR count). The number of sulfone groups is 1. The van der Waals surface area contributed by atoms with Crippen LogP contribution < -0.4 is 14.2 Å². The van der Waals surface area contributed by atoms with Crippen LogP contribution in [0.1, 0.15) is 39.9 Å². The minimum atomic E-state index is -3.44. The van der Waals surface area contributed by atoms with Crippen LogP contribution in [-0.2, 0) is 23.1 Å². The maximum atomic E-state index is 11.9. The van der Waals surface area contributed by atoms with Crippen molar-refractivity contribution >= 4 is 39.3 Å². The summed E-state index contributed by atoms with van der Waals surface area (Å²) in [6.45, 7) is 5.15. The Bertz CT molecular complexity index is 1850. The SMILES string of the molecule is Cc1c(COc2cc(OCc3cncc(S(C)(=O)=O)c3)c(C=O)cc2Cl)cccc1-c1cccc(OCCCN2CCC(O)C2)c1Cl. The molecule has 3 aromatic carbocycles. The van der Waals surface area contributed by atoms with Crippen molar-refractivity contribution in [1.29, 1.82) is 0 Å². The van der Waals surface area contributed by atoms with E-state index in [1.165, 1.54) is 24.5 Å². The van der Waals surface area contributed by atoms with E-state index in [9.17, 15) is 18.3 Å². The zero-order chi connectivity index (χ0) is 33.6. The van der Waals surface area contributed by atoms with Gasteiger partial charge in [0.25, 0.3) is 0 Å². The number of ether oxygens (including phenoxy) is 3. The number of halogens is 2. The summed E-state index contributed by atoms with van der Waals surface area (Å²) in [7, 11) is -3.44. The van der Waals surface area contributed by atoms with Crippen molar-refractivity contribution in [1.82, 2.24) is 9.88 Å². The first-order chi connectivity index (χ1) is 22.5. The second kappa shape index (κ2) is 15.5. The lowest BCUT2D eigenvalue weighted by Crippen LogP contribution is -2.24. The number of likely N-dealkylation sites (tertiary alicyclic amines) is 1. The molecule has 0 spiro atoms. The maximum absolute atomic E-state index is 11.9. The van der Waals surface area contributed by atoms with Gasteiger partial charge >= 0.3 is 0 Å². The van der Waals surface area contributed by atoms with Gasteiger partial charge in [0.1, 0.15) is 30.5 Å². The van der Waals surface area contributed by atoms with Gasteiger partial charge in [-0.25, -0.2) is 8.42 Å². The molecule has 1 saturated heterocycles. The van der Waals surface area contributed by atoms with Crippen LogP contribution in [0.3, 0.4) is 0 Å². The molecule has 1 fully saturated rings. The first-order valence-electron chi connectivity index (χ1n) is 15.1. The monoisotopic (exact) mass is 698 g/mol. The average molecular weight is 700 g/mol. The summed E-state index contributed by atoms with van der Waals surface area (Å²) < 4.78 is 41.9. The number of benzene rings is 3. The lowest BCUT2D eigenvalue weighted by Gasteiger charge is -2.17. The number of nitrogens with zero attached hydrogens (tertiary/aromatic N) is 2. The van der Waals surface area contributed by atoms with Crippen LogP contribution in [0, 0.1) is 6.92 Å². The summed E-state index contributed by atoms with van der Waals surface area (Å²) in [5, 5.41) is 10.5. The van der Waals surface area contributed by atoms with E-state index in [1.54, 1.807) is 6.07 Å². The Morgan fingerprint density at radius 3 is 2.49 bits per heavy atom. The number of aromatic nitrogens is 1. The Hall–Kier alpha value is -3.67. The van der Waals surface area contributed by atoms with Gasteiger partial charge in [0, 0.05) is 55.5 Å². The molecular weight excluding hydrogens is 663 g/mol. The predicted molar refractivity (Wildman–Crippen MR) is 182 cm³/mol. The van der Waals surface area contributed by atoms with E-state index in [1.807, 2.05) is 43.3 Å². The summed E-state index contributed by atoms with van der Waals surface area (Å²) >= 11 is 13.3. The number of rotatable bonds is 14. The van der Waals surface area contributed by atoms with Crippen molar-refractivity contribution in [2.45, 2.75) is 44.0 Å². The molecule has 1 aromatic heterocycles. The quantitative estimate of drug-likeness (QED) is 0.115. The highest BCUT2D eigenvalue weighted by molar-refractivity contribution is 7.90. The molecule has 1 aliphatic heterocycles. The molecule has 47 heavy (non-hydrogen) atoms. The highest BCUT2D eigenvalue weighted by Gasteiger charge is 2.20. The molecule has 248 valence electrons. The molecule has 4 aromatic rings. The van der Waals surface area contributed by atoms with Gasteiger partial charge in [-0.05, 0) is 54.7 Å². The van der Waals surface area contributed by atoms with Gasteiger partial charge in [-0.15, -0.1) is 0 Å². The van der Waals surface area contributed by atoms with E-state index in [4.69, 9.17) is 37.4 Å². The molecule has 0 radical (unpaired) electrons. The molecule has 0 amide bonds. The standard InChI is InChI=1S/C35H36Cl2N2O7S/c1-23-25(6-3-7-29(23)30-8-4-9-32(35(30)37)44-13-5-11-39-12-10-27(41)19-39)22-46-34-16-33(26(20-40)15-31(34)36)45-21-24-14-28(18-38-17-24)47(2,42)43/h3-4,6-9,14-18,20,27,41H,5,10-13,19,21-22H2,1-2H3. The number of aliphatic hydroxyl groups is 1. The third-order valence-corrected chi connectivity index (χ3v) is 9.75. The summed E-state index contributed by atoms with van der Waals surface area (Å²) in [5.41, 5.74) is 4.38. The van der Waals surface area contributed by atoms with Crippen LogP contribution in [0.4, 0.5) is 0 Å². The Kier molecular flexibility index (Phi) is 11.4. The number of aldehydes is 1. The first-order valence-corrected chi connectivity index (χ1v) is 17.8. The fourth-order valence-corrected chi connectivity index (χ4v) is 6.51. The average Bonchev–Trinajstić information content (AvgIpc) is 3.47. The molecule has 9 nitrogen and oxygen atoms in total. The van der Waals surface area contributed by atoms with E-state index in [-0.39, 0.29) is 40.5 Å². The molecule has 1 aliphatic rings. The number of β-amino-alcohol motifs (C(OH)–C–C–N with tert-alkyl or cyclic N) is 1. The number of carbonyl (C=O) groups excluding carboxylic acids is 1. The molecular formula is C35H36Cl2N2O7S. The van der Waals surface area contributed by atoms with Gasteiger partial charge in [-0.1, -0.05) is 53.5 Å². The zero-order valence-corrected chi connectivity index (χ0v) is 28.4. The Morgan fingerprint density at radius 1 is 0.979 bits per heavy atom. The minimum absolute atomic E-state index is 0.0223. The summed E-state index contributed by atoms with van der Waals surface area (Å²) in [6.07, 6.45) is 5.91. The lowest BCUT2D eigenvalue weighted by molar-refractivity contribution is 0.111. The molecule has 0 bridgehead atoms. The van der Waals surface area contributed by atoms with E-state index in [0.717, 1.165) is 54.4 Å². The van der Waals surface area contributed by atoms with Gasteiger partial charge in [-0.3, -0.25) is 9.78 Å². The fraction of sp³-hybridized carbons (Fsp3) is 0.314. The smallest absolute Gasteiger partial charge is 0.177 e. The van der Waals surface area contributed by atoms with Crippen LogP contribution in [-0.4, -0.2) is 68.3 Å². The van der Waals surface area contributed by atoms with Crippen LogP contribution >= 0.6 is 23.2 Å². The van der Waals surface area contributed by atoms with Gasteiger partial charge in [0.05, 0.1) is 33.2 Å². The summed E-state index contributed by atoms with van der Waals surface area (Å²) in [5.74, 6) is 1.16. The van der Waals surface area contributed by atoms with Gasteiger partial charge in [-0.2, -0.15) is 0 Å². The Morgan fingerprint density at radius 2 is 1.74 bits per heavy atom. The second-order valence-electron chi connectivity index (χ2n) is 11.5. The minimum Gasteiger partial charge on any atom is -0.492 e. The molecule has 12 heteroatoms. The number of pyridine rings is 1. The normalized spacial score (nSPS) is 15.0. The van der Waals surface area contributed by atoms with Crippen LogP contribution in [0.15, 0.2) is 71.9 Å². The molecule has 1 N–H and O–H groups in total. The molecule has 1 atom stereocenters. The topological polar surface area (TPSA) is 115 Å². The van der Waals surface area contributed by atoms with E-state index in [2.05, 4.69) is 9.88 Å². The van der Waals surface area contributed by atoms with Crippen LogP contribution in [0.2, 0.25) is 10.0 Å². The van der Waals surface area contributed by atoms with E-state index >= 15 is 0 Å². The van der Waals surface area contributed by atoms with Gasteiger partial charge in [0.2, 0.25) is 0 Å². The summed E-state index contributed by atoms with van der Waals surface area (Å²) in [4.78, 5) is 18.1. The Balaban J connectivity index is 1.27. The van der Waals surface area contributed by atoms with E-state index < -0.39 is 9.84 Å². The number of hydrogen-bond donors (Lipinski definition) is 1. The largest absolute Gasteiger partial charge is 0.492 e. The zero-order valence-electron chi connectivity index (χ0n) is 26.1. The van der Waals surface area contributed by atoms with Crippen LogP contribution in [0.5, 0.6) is 17.2 Å². The van der Waals surface area contributed by atoms with Gasteiger partial charge < -0.3 is 24.2 Å². The number of carbonyl (C=O) groups is 1.